The molecule has 27 heavy (non-hydrogen) atoms. The normalized spacial score (nSPS) is 10.7. The molecule has 0 spiro atoms. The molecule has 0 fully saturated rings. The van der Waals surface area contributed by atoms with Crippen molar-refractivity contribution in [2.24, 2.45) is 5.73 Å². The first-order valence-corrected chi connectivity index (χ1v) is 8.61. The van der Waals surface area contributed by atoms with Crippen molar-refractivity contribution in [2.75, 3.05) is 13.1 Å². The van der Waals surface area contributed by atoms with Crippen LogP contribution in [0, 0.1) is 0 Å². The van der Waals surface area contributed by atoms with Gasteiger partial charge in [-0.25, -0.2) is 4.79 Å². The number of rotatable bonds is 7. The van der Waals surface area contributed by atoms with Gasteiger partial charge in [-0.1, -0.05) is 91.0 Å². The molecular weight excluding hydrogens is 347 g/mol. The standard InChI is InChI=1S/C22H22N2O2.Na.H/c23-16-17-24-26-21(25)22(18-10-4-1-5-11-18,19-12-6-2-7-13-19)20-14-8-3-9-15-20;;/h1-15,24H,16-17,23H2;;/q;+1;-1. The molecule has 4 nitrogen and oxygen atoms in total. The number of benzene rings is 3. The number of hydrogen-bond donors (Lipinski definition) is 2. The second-order valence-electron chi connectivity index (χ2n) is 5.92. The van der Waals surface area contributed by atoms with Crippen molar-refractivity contribution in [3.8, 4) is 0 Å². The van der Waals surface area contributed by atoms with Crippen LogP contribution >= 0.6 is 0 Å². The summed E-state index contributed by atoms with van der Waals surface area (Å²) in [6.07, 6.45) is 0. The molecule has 0 aliphatic rings. The summed E-state index contributed by atoms with van der Waals surface area (Å²) in [5.41, 5.74) is 9.63. The Bertz CT molecular complexity index is 736. The van der Waals surface area contributed by atoms with Gasteiger partial charge in [-0.15, -0.1) is 0 Å². The molecule has 0 radical (unpaired) electrons. The number of carbonyl (C=O) groups excluding carboxylic acids is 1. The van der Waals surface area contributed by atoms with E-state index in [9.17, 15) is 4.79 Å². The van der Waals surface area contributed by atoms with Gasteiger partial charge in [0.25, 0.3) is 0 Å². The predicted octanol–water partition coefficient (Wildman–Crippen LogP) is 0.144. The minimum absolute atomic E-state index is 0. The van der Waals surface area contributed by atoms with Crippen LogP contribution in [0.3, 0.4) is 0 Å². The molecule has 0 unspecified atom stereocenters. The molecule has 3 N–H and O–H groups in total. The van der Waals surface area contributed by atoms with Crippen LogP contribution in [0.1, 0.15) is 18.1 Å². The number of nitrogens with one attached hydrogen (secondary N) is 1. The molecule has 0 amide bonds. The third kappa shape index (κ3) is 4.49. The van der Waals surface area contributed by atoms with Crippen LogP contribution < -0.4 is 40.8 Å². The van der Waals surface area contributed by atoms with Gasteiger partial charge in [0, 0.05) is 13.1 Å². The predicted molar refractivity (Wildman–Crippen MR) is 103 cm³/mol. The Kier molecular flexibility index (Phi) is 8.23. The maximum Gasteiger partial charge on any atom is 1.00 e. The molecule has 3 aromatic rings. The van der Waals surface area contributed by atoms with Gasteiger partial charge in [0.05, 0.1) is 0 Å². The summed E-state index contributed by atoms with van der Waals surface area (Å²) in [4.78, 5) is 18.9. The zero-order valence-electron chi connectivity index (χ0n) is 16.5. The van der Waals surface area contributed by atoms with Crippen LogP contribution in [0.15, 0.2) is 91.0 Å². The van der Waals surface area contributed by atoms with E-state index in [0.717, 1.165) is 16.7 Å². The average Bonchev–Trinajstić information content (AvgIpc) is 2.71. The number of hydroxylamine groups is 1. The number of nitrogens with two attached hydrogens (primary N) is 1. The van der Waals surface area contributed by atoms with Crippen molar-refractivity contribution in [1.82, 2.24) is 5.48 Å². The van der Waals surface area contributed by atoms with Gasteiger partial charge in [0.2, 0.25) is 0 Å². The Morgan fingerprint density at radius 1 is 0.815 bits per heavy atom. The van der Waals surface area contributed by atoms with Gasteiger partial charge in [-0.05, 0) is 16.7 Å². The summed E-state index contributed by atoms with van der Waals surface area (Å²) in [6, 6.07) is 29.1. The van der Waals surface area contributed by atoms with E-state index < -0.39 is 11.4 Å². The molecule has 0 atom stereocenters. The van der Waals surface area contributed by atoms with Crippen molar-refractivity contribution in [3.05, 3.63) is 108 Å². The van der Waals surface area contributed by atoms with Gasteiger partial charge in [-0.3, -0.25) is 0 Å². The molecule has 0 aromatic heterocycles. The van der Waals surface area contributed by atoms with Crippen molar-refractivity contribution < 1.29 is 40.6 Å². The molecule has 0 heterocycles. The second kappa shape index (κ2) is 10.4. The third-order valence-electron chi connectivity index (χ3n) is 4.34. The van der Waals surface area contributed by atoms with Crippen molar-refractivity contribution in [3.63, 3.8) is 0 Å². The van der Waals surface area contributed by atoms with E-state index in [1.165, 1.54) is 0 Å². The smallest absolute Gasteiger partial charge is 1.00 e. The van der Waals surface area contributed by atoms with E-state index in [1.54, 1.807) is 0 Å². The first-order valence-electron chi connectivity index (χ1n) is 8.61. The van der Waals surface area contributed by atoms with Crippen LogP contribution in [0.4, 0.5) is 0 Å². The molecule has 0 bridgehead atoms. The van der Waals surface area contributed by atoms with Crippen molar-refractivity contribution in [1.29, 1.82) is 0 Å². The van der Waals surface area contributed by atoms with E-state index in [0.29, 0.717) is 13.1 Å². The minimum Gasteiger partial charge on any atom is -1.00 e. The molecule has 0 aliphatic heterocycles. The fourth-order valence-corrected chi connectivity index (χ4v) is 3.17. The van der Waals surface area contributed by atoms with Crippen LogP contribution in [-0.2, 0) is 15.0 Å². The van der Waals surface area contributed by atoms with E-state index in [1.807, 2.05) is 91.0 Å². The Morgan fingerprint density at radius 3 is 1.52 bits per heavy atom. The quantitative estimate of drug-likeness (QED) is 0.269. The van der Waals surface area contributed by atoms with E-state index >= 15 is 0 Å². The van der Waals surface area contributed by atoms with Crippen LogP contribution in [0.5, 0.6) is 0 Å². The van der Waals surface area contributed by atoms with Gasteiger partial charge in [-0.2, -0.15) is 5.48 Å². The first kappa shape index (κ1) is 21.4. The Balaban J connectivity index is 0.00000196. The van der Waals surface area contributed by atoms with Crippen molar-refractivity contribution >= 4 is 5.97 Å². The van der Waals surface area contributed by atoms with Crippen LogP contribution in [0.25, 0.3) is 0 Å². The fraction of sp³-hybridized carbons (Fsp3) is 0.136. The summed E-state index contributed by atoms with van der Waals surface area (Å²) in [7, 11) is 0. The van der Waals surface area contributed by atoms with Gasteiger partial charge in [0.1, 0.15) is 5.41 Å². The van der Waals surface area contributed by atoms with Crippen molar-refractivity contribution in [2.45, 2.75) is 5.41 Å². The molecule has 0 saturated heterocycles. The largest absolute Gasteiger partial charge is 1.00 e. The van der Waals surface area contributed by atoms with E-state index in [-0.39, 0.29) is 31.0 Å². The SMILES string of the molecule is NCCNOC(=O)C(c1ccccc1)(c1ccccc1)c1ccccc1.[H-].[Na+]. The summed E-state index contributed by atoms with van der Waals surface area (Å²) in [5, 5.41) is 0. The van der Waals surface area contributed by atoms with E-state index in [4.69, 9.17) is 10.6 Å². The molecule has 134 valence electrons. The first-order chi connectivity index (χ1) is 12.8. The zero-order chi connectivity index (χ0) is 18.2. The van der Waals surface area contributed by atoms with E-state index in [2.05, 4.69) is 5.48 Å². The maximum atomic E-state index is 13.4. The molecule has 5 heteroatoms. The van der Waals surface area contributed by atoms with Crippen LogP contribution in [-0.4, -0.2) is 19.1 Å². The topological polar surface area (TPSA) is 64.3 Å². The minimum atomic E-state index is -1.08. The monoisotopic (exact) mass is 370 g/mol. The summed E-state index contributed by atoms with van der Waals surface area (Å²) in [5.74, 6) is -0.394. The van der Waals surface area contributed by atoms with Gasteiger partial charge < -0.3 is 12.0 Å². The molecular formula is C22H23N2NaO2. The molecule has 3 rings (SSSR count). The average molecular weight is 370 g/mol. The zero-order valence-corrected chi connectivity index (χ0v) is 17.5. The third-order valence-corrected chi connectivity index (χ3v) is 4.34. The number of carbonyl (C=O) groups is 1. The van der Waals surface area contributed by atoms with Crippen LogP contribution in [0.2, 0.25) is 0 Å². The Morgan fingerprint density at radius 2 is 1.19 bits per heavy atom. The Hall–Kier alpha value is -1.95. The molecule has 0 saturated carbocycles. The molecule has 0 aliphatic carbocycles. The number of hydrogen-bond acceptors (Lipinski definition) is 4. The maximum absolute atomic E-state index is 13.4. The Labute approximate surface area is 183 Å². The van der Waals surface area contributed by atoms with Gasteiger partial charge in [0.15, 0.2) is 0 Å². The summed E-state index contributed by atoms with van der Waals surface area (Å²) in [6.45, 7) is 0.766. The fourth-order valence-electron chi connectivity index (χ4n) is 3.17. The molecule has 3 aromatic carbocycles. The van der Waals surface area contributed by atoms with Gasteiger partial charge >= 0.3 is 35.5 Å². The summed E-state index contributed by atoms with van der Waals surface area (Å²) >= 11 is 0. The summed E-state index contributed by atoms with van der Waals surface area (Å²) < 4.78 is 0. The second-order valence-corrected chi connectivity index (χ2v) is 5.92.